The van der Waals surface area contributed by atoms with E-state index in [1.165, 1.54) is 30.1 Å². The molecule has 0 saturated carbocycles. The molecule has 2 amide bonds. The third-order valence-electron chi connectivity index (χ3n) is 10.8. The second-order valence-electron chi connectivity index (χ2n) is 15.5. The third-order valence-corrected chi connectivity index (χ3v) is 11.8. The summed E-state index contributed by atoms with van der Waals surface area (Å²) in [6.07, 6.45) is 5.51. The number of methoxy groups -OCH3 is 1. The van der Waals surface area contributed by atoms with Gasteiger partial charge in [-0.15, -0.1) is 0 Å². The van der Waals surface area contributed by atoms with Crippen LogP contribution < -0.4 is 32.0 Å². The van der Waals surface area contributed by atoms with Crippen LogP contribution in [0.15, 0.2) is 130 Å². The third kappa shape index (κ3) is 11.6. The van der Waals surface area contributed by atoms with Gasteiger partial charge >= 0.3 is 0 Å². The number of nitrogens with two attached hydrogens (primary N) is 1. The van der Waals surface area contributed by atoms with Crippen molar-refractivity contribution in [2.45, 2.75) is 54.9 Å². The average molecular weight is 881 g/mol. The minimum Gasteiger partial charge on any atom is -0.506 e. The highest BCUT2D eigenvalue weighted by Gasteiger charge is 2.18. The Morgan fingerprint density at radius 2 is 1.67 bits per heavy atom. The number of nitrogens with zero attached hydrogens (tertiary/aromatic N) is 1. The van der Waals surface area contributed by atoms with E-state index in [1.54, 1.807) is 25.3 Å². The first-order valence-corrected chi connectivity index (χ1v) is 22.0. The Morgan fingerprint density at radius 3 is 2.48 bits per heavy atom. The molecule has 2 aromatic heterocycles. The molecule has 7 aromatic rings. The van der Waals surface area contributed by atoms with E-state index in [1.807, 2.05) is 85.8 Å². The highest BCUT2D eigenvalue weighted by atomic mass is 32.2. The number of fused-ring (bicyclic) bond motifs is 2. The smallest absolute Gasteiger partial charge is 0.255 e. The molecule has 0 aliphatic heterocycles. The molecule has 0 aliphatic rings. The predicted molar refractivity (Wildman–Crippen MR) is 253 cm³/mol. The van der Waals surface area contributed by atoms with Gasteiger partial charge in [-0.25, -0.2) is 0 Å². The standard InChI is InChI=1S/C50H52N6O7S/c1-31-25-38(28-41-46(31)53-29-42(49(51)60)47(41)54-35-10-8-11-36(27-35)62-2)64-37-12-7-9-33(26-37)50(61)55-34-15-13-32(14-16-34)21-24-63-23-6-4-3-5-22-52-30-44(58)39-17-19-43(57)48-40(39)18-20-45(59)56-48/h7-20,25-29,44,52,57-58H,3-6,21-24,30H2,1-2H3,(H2,51,60)(H,53,54)(H,55,61)(H,56,59)/t44-/m0/s1. The largest absolute Gasteiger partial charge is 0.506 e. The maximum absolute atomic E-state index is 13.4. The lowest BCUT2D eigenvalue weighted by Crippen LogP contribution is -2.22. The minimum absolute atomic E-state index is 0.0267. The Morgan fingerprint density at radius 1 is 0.859 bits per heavy atom. The van der Waals surface area contributed by atoms with E-state index in [0.29, 0.717) is 58.9 Å². The number of phenolic OH excluding ortho intramolecular Hbond substituents is 1. The van der Waals surface area contributed by atoms with E-state index in [0.717, 1.165) is 76.2 Å². The lowest BCUT2D eigenvalue weighted by molar-refractivity contribution is 0.0998. The number of aryl methyl sites for hydroxylation is 1. The van der Waals surface area contributed by atoms with E-state index < -0.39 is 12.0 Å². The zero-order valence-electron chi connectivity index (χ0n) is 35.8. The molecule has 5 aromatic carbocycles. The van der Waals surface area contributed by atoms with Crippen LogP contribution in [0.2, 0.25) is 0 Å². The summed E-state index contributed by atoms with van der Waals surface area (Å²) in [5, 5.41) is 31.8. The molecule has 0 aliphatic carbocycles. The number of aromatic hydroxyl groups is 1. The van der Waals surface area contributed by atoms with Crippen LogP contribution in [0.3, 0.4) is 0 Å². The van der Waals surface area contributed by atoms with Gasteiger partial charge in [0, 0.05) is 69.0 Å². The van der Waals surface area contributed by atoms with E-state index in [2.05, 4.69) is 25.9 Å². The number of phenols is 1. The number of hydrogen-bond donors (Lipinski definition) is 7. The number of ether oxygens (including phenoxy) is 2. The van der Waals surface area contributed by atoms with E-state index in [-0.39, 0.29) is 22.8 Å². The van der Waals surface area contributed by atoms with E-state index in [4.69, 9.17) is 15.2 Å². The summed E-state index contributed by atoms with van der Waals surface area (Å²) in [5.41, 5.74) is 12.0. The fourth-order valence-electron chi connectivity index (χ4n) is 7.47. The van der Waals surface area contributed by atoms with Gasteiger partial charge in [0.2, 0.25) is 5.56 Å². The van der Waals surface area contributed by atoms with Crippen molar-refractivity contribution in [1.82, 2.24) is 15.3 Å². The number of pyridine rings is 2. The quantitative estimate of drug-likeness (QED) is 0.0340. The molecule has 0 fully saturated rings. The number of benzene rings is 5. The number of rotatable bonds is 21. The number of hydrogen-bond acceptors (Lipinski definition) is 11. The first-order valence-electron chi connectivity index (χ1n) is 21.2. The van der Waals surface area contributed by atoms with Crippen molar-refractivity contribution < 1.29 is 29.3 Å². The monoisotopic (exact) mass is 880 g/mol. The molecule has 0 saturated heterocycles. The Balaban J connectivity index is 0.833. The summed E-state index contributed by atoms with van der Waals surface area (Å²) in [7, 11) is 1.60. The number of aromatic nitrogens is 2. The summed E-state index contributed by atoms with van der Waals surface area (Å²) in [6.45, 7) is 4.40. The molecule has 14 heteroatoms. The van der Waals surface area contributed by atoms with Gasteiger partial charge in [0.1, 0.15) is 11.5 Å². The Bertz CT molecular complexity index is 2810. The summed E-state index contributed by atoms with van der Waals surface area (Å²) in [4.78, 5) is 46.5. The van der Waals surface area contributed by atoms with Gasteiger partial charge in [0.15, 0.2) is 0 Å². The number of anilines is 3. The highest BCUT2D eigenvalue weighted by molar-refractivity contribution is 7.99. The topological polar surface area (TPSA) is 201 Å². The first-order chi connectivity index (χ1) is 31.1. The number of unbranched alkanes of at least 4 members (excludes halogenated alkanes) is 3. The second-order valence-corrected chi connectivity index (χ2v) is 16.6. The van der Waals surface area contributed by atoms with Gasteiger partial charge in [-0.05, 0) is 116 Å². The van der Waals surface area contributed by atoms with Gasteiger partial charge in [0.05, 0.1) is 42.1 Å². The number of aliphatic hydroxyl groups is 1. The molecule has 13 nitrogen and oxygen atoms in total. The van der Waals surface area contributed by atoms with Gasteiger partial charge in [-0.3, -0.25) is 19.4 Å². The Kier molecular flexibility index (Phi) is 15.3. The number of primary amides is 1. The summed E-state index contributed by atoms with van der Waals surface area (Å²) in [6, 6.07) is 32.8. The molecule has 8 N–H and O–H groups in total. The van der Waals surface area contributed by atoms with Gasteiger partial charge in [-0.1, -0.05) is 54.9 Å². The van der Waals surface area contributed by atoms with Crippen molar-refractivity contribution in [3.8, 4) is 11.5 Å². The maximum atomic E-state index is 13.4. The predicted octanol–water partition coefficient (Wildman–Crippen LogP) is 8.79. The molecular formula is C50H52N6O7S. The molecule has 7 rings (SSSR count). The Hall–Kier alpha value is -6.71. The summed E-state index contributed by atoms with van der Waals surface area (Å²) < 4.78 is 11.3. The van der Waals surface area contributed by atoms with Crippen molar-refractivity contribution in [3.05, 3.63) is 154 Å². The number of amides is 2. The summed E-state index contributed by atoms with van der Waals surface area (Å²) >= 11 is 1.50. The molecule has 2 heterocycles. The zero-order valence-corrected chi connectivity index (χ0v) is 36.6. The number of carbonyl (C=O) groups excluding carboxylic acids is 2. The SMILES string of the molecule is COc1cccc(Nc2c(C(N)=O)cnc3c(C)cc(Sc4cccc(C(=O)Nc5ccc(CCOCCCCCCNC[C@H](O)c6ccc(O)c7[nH]c(=O)ccc67)cc5)c4)cc23)c1. The summed E-state index contributed by atoms with van der Waals surface area (Å²) in [5.74, 6) is -0.176. The fraction of sp³-hybridized carbons (Fsp3) is 0.240. The number of H-pyrrole nitrogens is 1. The van der Waals surface area contributed by atoms with Crippen LogP contribution in [0.25, 0.3) is 21.8 Å². The van der Waals surface area contributed by atoms with Crippen LogP contribution in [0, 0.1) is 6.92 Å². The zero-order chi connectivity index (χ0) is 45.0. The van der Waals surface area contributed by atoms with Crippen molar-refractivity contribution in [2.24, 2.45) is 5.73 Å². The van der Waals surface area contributed by atoms with Crippen LogP contribution in [0.5, 0.6) is 11.5 Å². The molecule has 1 atom stereocenters. The average Bonchev–Trinajstić information content (AvgIpc) is 3.29. The van der Waals surface area contributed by atoms with Crippen molar-refractivity contribution in [2.75, 3.05) is 44.0 Å². The van der Waals surface area contributed by atoms with Crippen LogP contribution >= 0.6 is 11.8 Å². The second kappa shape index (κ2) is 21.6. The molecule has 0 spiro atoms. The van der Waals surface area contributed by atoms with Crippen LogP contribution in [0.1, 0.15) is 69.2 Å². The number of nitrogens with one attached hydrogen (secondary N) is 4. The van der Waals surface area contributed by atoms with Crippen molar-refractivity contribution in [3.63, 3.8) is 0 Å². The number of aromatic amines is 1. The molecule has 0 radical (unpaired) electrons. The lowest BCUT2D eigenvalue weighted by atomic mass is 10.0. The Labute approximate surface area is 375 Å². The number of aliphatic hydroxyl groups excluding tert-OH is 1. The van der Waals surface area contributed by atoms with Crippen molar-refractivity contribution >= 4 is 62.4 Å². The van der Waals surface area contributed by atoms with Gasteiger partial charge < -0.3 is 46.4 Å². The minimum atomic E-state index is -0.772. The van der Waals surface area contributed by atoms with Crippen LogP contribution in [-0.4, -0.2) is 65.4 Å². The molecule has 64 heavy (non-hydrogen) atoms. The molecule has 0 bridgehead atoms. The lowest BCUT2D eigenvalue weighted by Gasteiger charge is -2.16. The fourth-order valence-corrected chi connectivity index (χ4v) is 8.48. The van der Waals surface area contributed by atoms with E-state index in [9.17, 15) is 24.6 Å². The van der Waals surface area contributed by atoms with Crippen LogP contribution in [-0.2, 0) is 11.2 Å². The highest BCUT2D eigenvalue weighted by Crippen LogP contribution is 2.37. The molecular weight excluding hydrogens is 829 g/mol. The molecule has 0 unspecified atom stereocenters. The van der Waals surface area contributed by atoms with Crippen LogP contribution in [0.4, 0.5) is 17.1 Å². The first kappa shape index (κ1) is 45.3. The van der Waals surface area contributed by atoms with Gasteiger partial charge in [0.25, 0.3) is 11.8 Å². The number of carbonyl (C=O) groups is 2. The maximum Gasteiger partial charge on any atom is 0.255 e. The van der Waals surface area contributed by atoms with Crippen molar-refractivity contribution in [1.29, 1.82) is 0 Å². The molecule has 330 valence electrons. The normalized spacial score (nSPS) is 11.7. The van der Waals surface area contributed by atoms with Gasteiger partial charge in [-0.2, -0.15) is 0 Å². The van der Waals surface area contributed by atoms with E-state index >= 15 is 0 Å².